The Bertz CT molecular complexity index is 814. The van der Waals surface area contributed by atoms with E-state index in [1.54, 1.807) is 0 Å². The molecule has 0 fully saturated rings. The largest absolute Gasteiger partial charge is 0.487 e. The van der Waals surface area contributed by atoms with Crippen LogP contribution in [0.15, 0.2) is 53.7 Å². The maximum absolute atomic E-state index is 8.48. The quantitative estimate of drug-likeness (QED) is 0.455. The van der Waals surface area contributed by atoms with Crippen molar-refractivity contribution in [2.75, 3.05) is 0 Å². The molecule has 0 aliphatic heterocycles. The van der Waals surface area contributed by atoms with Crippen molar-refractivity contribution in [2.45, 2.75) is 13.5 Å². The first-order valence-electron chi connectivity index (χ1n) is 6.89. The van der Waals surface area contributed by atoms with E-state index in [0.29, 0.717) is 6.61 Å². The summed E-state index contributed by atoms with van der Waals surface area (Å²) in [7, 11) is 0. The predicted octanol–water partition coefficient (Wildman–Crippen LogP) is 3.33. The summed E-state index contributed by atoms with van der Waals surface area (Å²) in [5.74, 6) is 0.726. The summed E-state index contributed by atoms with van der Waals surface area (Å²) in [4.78, 5) is 9.13. The maximum Gasteiger partial charge on any atom is 0.132 e. The molecule has 0 aliphatic carbocycles. The first kappa shape index (κ1) is 14.0. The fourth-order valence-electron chi connectivity index (χ4n) is 2.13. The zero-order chi connectivity index (χ0) is 15.4. The number of nitrogens with zero attached hydrogens (tertiary/aromatic N) is 3. The zero-order valence-corrected chi connectivity index (χ0v) is 12.1. The van der Waals surface area contributed by atoms with Gasteiger partial charge in [-0.3, -0.25) is 0 Å². The Morgan fingerprint density at radius 3 is 2.41 bits per heavy atom. The van der Waals surface area contributed by atoms with Crippen LogP contribution in [0.1, 0.15) is 17.0 Å². The van der Waals surface area contributed by atoms with Crippen LogP contribution in [0.3, 0.4) is 0 Å². The molecule has 3 aromatic rings. The Hall–Kier alpha value is -2.95. The maximum atomic E-state index is 8.48. The number of para-hydroxylation sites is 2. The first-order valence-corrected chi connectivity index (χ1v) is 6.89. The van der Waals surface area contributed by atoms with Crippen molar-refractivity contribution in [3.63, 3.8) is 0 Å². The van der Waals surface area contributed by atoms with Gasteiger partial charge in [0.25, 0.3) is 0 Å². The zero-order valence-electron chi connectivity index (χ0n) is 12.1. The molecule has 5 heteroatoms. The number of hydrogen-bond acceptors (Lipinski definition) is 5. The summed E-state index contributed by atoms with van der Waals surface area (Å²) in [6, 6.07) is 15.0. The molecule has 0 unspecified atom stereocenters. The number of benzene rings is 2. The van der Waals surface area contributed by atoms with Gasteiger partial charge >= 0.3 is 0 Å². The van der Waals surface area contributed by atoms with Crippen LogP contribution in [0.5, 0.6) is 5.75 Å². The van der Waals surface area contributed by atoms with Crippen molar-refractivity contribution in [1.82, 2.24) is 9.97 Å². The van der Waals surface area contributed by atoms with Crippen molar-refractivity contribution in [3.8, 4) is 5.75 Å². The van der Waals surface area contributed by atoms with Gasteiger partial charge in [-0.15, -0.1) is 0 Å². The van der Waals surface area contributed by atoms with Gasteiger partial charge in [0.2, 0.25) is 0 Å². The van der Waals surface area contributed by atoms with Gasteiger partial charge < -0.3 is 9.94 Å². The molecule has 0 radical (unpaired) electrons. The smallest absolute Gasteiger partial charge is 0.132 e. The third-order valence-electron chi connectivity index (χ3n) is 3.31. The van der Waals surface area contributed by atoms with Crippen molar-refractivity contribution in [2.24, 2.45) is 5.16 Å². The van der Waals surface area contributed by atoms with E-state index in [-0.39, 0.29) is 0 Å². The Kier molecular flexibility index (Phi) is 3.96. The van der Waals surface area contributed by atoms with Gasteiger partial charge in [0.05, 0.1) is 28.6 Å². The Morgan fingerprint density at radius 2 is 1.73 bits per heavy atom. The SMILES string of the molecule is Cc1nc2ccccc2nc1COc1ccc(C=NO)cc1. The van der Waals surface area contributed by atoms with Crippen molar-refractivity contribution < 1.29 is 9.94 Å². The summed E-state index contributed by atoms with van der Waals surface area (Å²) >= 11 is 0. The number of rotatable bonds is 4. The minimum atomic E-state index is 0.358. The molecular weight excluding hydrogens is 278 g/mol. The second kappa shape index (κ2) is 6.22. The lowest BCUT2D eigenvalue weighted by Crippen LogP contribution is -2.03. The highest BCUT2D eigenvalue weighted by Crippen LogP contribution is 2.16. The average Bonchev–Trinajstić information content (AvgIpc) is 2.54. The van der Waals surface area contributed by atoms with Gasteiger partial charge in [-0.2, -0.15) is 0 Å². The van der Waals surface area contributed by atoms with E-state index >= 15 is 0 Å². The normalized spacial score (nSPS) is 11.1. The molecule has 0 bridgehead atoms. The summed E-state index contributed by atoms with van der Waals surface area (Å²) in [5.41, 5.74) is 4.23. The molecule has 22 heavy (non-hydrogen) atoms. The van der Waals surface area contributed by atoms with Crippen LogP contribution < -0.4 is 4.74 Å². The van der Waals surface area contributed by atoms with Gasteiger partial charge in [-0.1, -0.05) is 17.3 Å². The number of fused-ring (bicyclic) bond motifs is 1. The highest BCUT2D eigenvalue weighted by atomic mass is 16.5. The van der Waals surface area contributed by atoms with E-state index in [4.69, 9.17) is 9.94 Å². The molecule has 3 rings (SSSR count). The standard InChI is InChI=1S/C17H15N3O2/c1-12-17(20-16-5-3-2-4-15(16)19-12)11-22-14-8-6-13(7-9-14)10-18-21/h2-10,21H,11H2,1H3. The summed E-state index contributed by atoms with van der Waals surface area (Å²) in [6.45, 7) is 2.29. The fraction of sp³-hybridized carbons (Fsp3) is 0.118. The Labute approximate surface area is 127 Å². The van der Waals surface area contributed by atoms with Gasteiger partial charge in [-0.05, 0) is 48.9 Å². The van der Waals surface area contributed by atoms with Crippen molar-refractivity contribution >= 4 is 17.2 Å². The number of aryl methyl sites for hydroxylation is 1. The molecule has 0 saturated heterocycles. The molecule has 0 spiro atoms. The minimum absolute atomic E-state index is 0.358. The van der Waals surface area contributed by atoms with Crippen molar-refractivity contribution in [1.29, 1.82) is 0 Å². The number of ether oxygens (including phenoxy) is 1. The number of hydrogen-bond donors (Lipinski definition) is 1. The monoisotopic (exact) mass is 293 g/mol. The summed E-state index contributed by atoms with van der Waals surface area (Å²) in [5, 5.41) is 11.5. The van der Waals surface area contributed by atoms with Crippen LogP contribution in [-0.4, -0.2) is 21.4 Å². The molecule has 0 saturated carbocycles. The molecule has 2 aromatic carbocycles. The van der Waals surface area contributed by atoms with E-state index in [1.165, 1.54) is 6.21 Å². The van der Waals surface area contributed by atoms with Gasteiger partial charge in [-0.25, -0.2) is 9.97 Å². The first-order chi connectivity index (χ1) is 10.8. The molecule has 1 heterocycles. The lowest BCUT2D eigenvalue weighted by Gasteiger charge is -2.09. The fourth-order valence-corrected chi connectivity index (χ4v) is 2.13. The third-order valence-corrected chi connectivity index (χ3v) is 3.31. The average molecular weight is 293 g/mol. The van der Waals surface area contributed by atoms with E-state index in [9.17, 15) is 0 Å². The van der Waals surface area contributed by atoms with E-state index in [1.807, 2.05) is 55.5 Å². The highest BCUT2D eigenvalue weighted by Gasteiger charge is 2.06. The topological polar surface area (TPSA) is 67.6 Å². The van der Waals surface area contributed by atoms with Crippen LogP contribution in [0.25, 0.3) is 11.0 Å². The number of aromatic nitrogens is 2. The third kappa shape index (κ3) is 3.03. The number of oxime groups is 1. The summed E-state index contributed by atoms with van der Waals surface area (Å²) in [6.07, 6.45) is 1.36. The van der Waals surface area contributed by atoms with Gasteiger partial charge in [0.15, 0.2) is 0 Å². The van der Waals surface area contributed by atoms with Crippen molar-refractivity contribution in [3.05, 3.63) is 65.5 Å². The lowest BCUT2D eigenvalue weighted by atomic mass is 10.2. The van der Waals surface area contributed by atoms with Crippen LogP contribution in [0.2, 0.25) is 0 Å². The Morgan fingerprint density at radius 1 is 1.05 bits per heavy atom. The Balaban J connectivity index is 1.77. The van der Waals surface area contributed by atoms with Gasteiger partial charge in [0.1, 0.15) is 12.4 Å². The molecule has 0 amide bonds. The molecule has 1 N–H and O–H groups in total. The molecule has 0 atom stereocenters. The van der Waals surface area contributed by atoms with Crippen LogP contribution in [0, 0.1) is 6.92 Å². The molecule has 1 aromatic heterocycles. The molecule has 5 nitrogen and oxygen atoms in total. The second-order valence-electron chi connectivity index (χ2n) is 4.85. The predicted molar refractivity (Wildman–Crippen MR) is 84.4 cm³/mol. The van der Waals surface area contributed by atoms with Crippen LogP contribution >= 0.6 is 0 Å². The van der Waals surface area contributed by atoms with Crippen LogP contribution in [-0.2, 0) is 6.61 Å². The minimum Gasteiger partial charge on any atom is -0.487 e. The molecule has 0 aliphatic rings. The van der Waals surface area contributed by atoms with Gasteiger partial charge in [0, 0.05) is 0 Å². The second-order valence-corrected chi connectivity index (χ2v) is 4.85. The van der Waals surface area contributed by atoms with E-state index < -0.39 is 0 Å². The summed E-state index contributed by atoms with van der Waals surface area (Å²) < 4.78 is 5.75. The molecular formula is C17H15N3O2. The highest BCUT2D eigenvalue weighted by molar-refractivity contribution is 5.79. The van der Waals surface area contributed by atoms with E-state index in [2.05, 4.69) is 15.1 Å². The lowest BCUT2D eigenvalue weighted by molar-refractivity contribution is 0.300. The van der Waals surface area contributed by atoms with Crippen LogP contribution in [0.4, 0.5) is 0 Å². The molecule has 110 valence electrons. The van der Waals surface area contributed by atoms with E-state index in [0.717, 1.165) is 33.7 Å².